The van der Waals surface area contributed by atoms with Crippen LogP contribution in [0, 0.1) is 0 Å². The van der Waals surface area contributed by atoms with Crippen molar-refractivity contribution in [1.29, 1.82) is 0 Å². The molecule has 0 N–H and O–H groups in total. The van der Waals surface area contributed by atoms with Crippen LogP contribution in [-0.4, -0.2) is 32.3 Å². The van der Waals surface area contributed by atoms with Crippen LogP contribution in [-0.2, 0) is 9.84 Å². The zero-order valence-corrected chi connectivity index (χ0v) is 12.2. The number of hydrogen-bond donors (Lipinski definition) is 0. The molecule has 0 saturated carbocycles. The number of benzene rings is 1. The highest BCUT2D eigenvalue weighted by atomic mass is 32.2. The average Bonchev–Trinajstić information content (AvgIpc) is 2.38. The van der Waals surface area contributed by atoms with E-state index in [0.717, 1.165) is 0 Å². The second-order valence-electron chi connectivity index (χ2n) is 4.27. The van der Waals surface area contributed by atoms with Crippen molar-refractivity contribution >= 4 is 15.6 Å². The summed E-state index contributed by atoms with van der Waals surface area (Å²) in [7, 11) is -3.05. The van der Waals surface area contributed by atoms with Gasteiger partial charge in [-0.3, -0.25) is 4.79 Å². The number of rotatable bonds is 8. The molecule has 1 rings (SSSR count). The minimum absolute atomic E-state index is 0.00739. The van der Waals surface area contributed by atoms with E-state index < -0.39 is 9.84 Å². The number of ketones is 1. The van der Waals surface area contributed by atoms with Crippen LogP contribution < -0.4 is 4.74 Å². The van der Waals surface area contributed by atoms with Crippen LogP contribution in [0.5, 0.6) is 5.75 Å². The summed E-state index contributed by atoms with van der Waals surface area (Å²) in [6.07, 6.45) is 1.00. The molecule has 1 aromatic rings. The number of Topliss-reactive ketones (excluding diaryl/α,β-unsaturated/α-hetero) is 1. The van der Waals surface area contributed by atoms with Crippen molar-refractivity contribution in [2.45, 2.75) is 26.7 Å². The fourth-order valence-corrected chi connectivity index (χ4v) is 2.87. The highest BCUT2D eigenvalue weighted by molar-refractivity contribution is 7.91. The number of para-hydroxylation sites is 1. The van der Waals surface area contributed by atoms with Crippen LogP contribution >= 0.6 is 0 Å². The normalized spacial score (nSPS) is 11.3. The van der Waals surface area contributed by atoms with Gasteiger partial charge < -0.3 is 4.74 Å². The summed E-state index contributed by atoms with van der Waals surface area (Å²) >= 11 is 0. The zero-order valence-electron chi connectivity index (χ0n) is 11.4. The Morgan fingerprint density at radius 1 is 1.16 bits per heavy atom. The van der Waals surface area contributed by atoms with Crippen molar-refractivity contribution < 1.29 is 17.9 Å². The first-order valence-electron chi connectivity index (χ1n) is 6.45. The molecule has 0 radical (unpaired) electrons. The van der Waals surface area contributed by atoms with E-state index in [1.165, 1.54) is 0 Å². The van der Waals surface area contributed by atoms with Gasteiger partial charge in [-0.2, -0.15) is 0 Å². The summed E-state index contributed by atoms with van der Waals surface area (Å²) in [5, 5.41) is 0. The molecule has 19 heavy (non-hydrogen) atoms. The highest BCUT2D eigenvalue weighted by Crippen LogP contribution is 2.19. The van der Waals surface area contributed by atoms with Gasteiger partial charge in [-0.05, 0) is 18.6 Å². The van der Waals surface area contributed by atoms with Crippen LogP contribution in [0.2, 0.25) is 0 Å². The minimum atomic E-state index is -3.05. The Morgan fingerprint density at radius 3 is 2.47 bits per heavy atom. The molecule has 0 aliphatic heterocycles. The van der Waals surface area contributed by atoms with Gasteiger partial charge in [-0.1, -0.05) is 26.0 Å². The molecule has 106 valence electrons. The molecule has 0 unspecified atom stereocenters. The molecule has 0 spiro atoms. The molecular weight excluding hydrogens is 264 g/mol. The molecule has 1 aromatic carbocycles. The molecule has 0 aromatic heterocycles. The van der Waals surface area contributed by atoms with Crippen molar-refractivity contribution in [3.63, 3.8) is 0 Å². The minimum Gasteiger partial charge on any atom is -0.492 e. The van der Waals surface area contributed by atoms with E-state index in [-0.39, 0.29) is 23.9 Å². The van der Waals surface area contributed by atoms with Crippen LogP contribution in [0.15, 0.2) is 24.3 Å². The molecule has 0 atom stereocenters. The van der Waals surface area contributed by atoms with Crippen LogP contribution in [0.25, 0.3) is 0 Å². The van der Waals surface area contributed by atoms with Crippen molar-refractivity contribution in [3.8, 4) is 5.75 Å². The van der Waals surface area contributed by atoms with Crippen LogP contribution in [0.3, 0.4) is 0 Å². The molecule has 0 saturated heterocycles. The van der Waals surface area contributed by atoms with Gasteiger partial charge in [-0.15, -0.1) is 0 Å². The first-order valence-corrected chi connectivity index (χ1v) is 8.27. The predicted octanol–water partition coefficient (Wildman–Crippen LogP) is 2.48. The third kappa shape index (κ3) is 5.03. The SMILES string of the molecule is CCCS(=O)(=O)CCOc1ccccc1C(=O)CC. The largest absolute Gasteiger partial charge is 0.492 e. The van der Waals surface area contributed by atoms with Gasteiger partial charge in [0.1, 0.15) is 12.4 Å². The lowest BCUT2D eigenvalue weighted by Gasteiger charge is -2.10. The molecule has 0 aliphatic carbocycles. The van der Waals surface area contributed by atoms with E-state index in [9.17, 15) is 13.2 Å². The van der Waals surface area contributed by atoms with E-state index >= 15 is 0 Å². The van der Waals surface area contributed by atoms with E-state index in [2.05, 4.69) is 0 Å². The number of sulfone groups is 1. The smallest absolute Gasteiger partial charge is 0.166 e. The second kappa shape index (κ2) is 7.28. The quantitative estimate of drug-likeness (QED) is 0.688. The maximum absolute atomic E-state index is 11.7. The highest BCUT2D eigenvalue weighted by Gasteiger charge is 2.12. The number of carbonyl (C=O) groups is 1. The van der Waals surface area contributed by atoms with Gasteiger partial charge in [0.25, 0.3) is 0 Å². The van der Waals surface area contributed by atoms with E-state index in [0.29, 0.717) is 24.2 Å². The lowest BCUT2D eigenvalue weighted by atomic mass is 10.1. The fourth-order valence-electron chi connectivity index (χ4n) is 1.70. The molecule has 0 bridgehead atoms. The molecular formula is C14H20O4S. The Kier molecular flexibility index (Phi) is 6.02. The van der Waals surface area contributed by atoms with Crippen LogP contribution in [0.4, 0.5) is 0 Å². The zero-order chi connectivity index (χ0) is 14.3. The van der Waals surface area contributed by atoms with Crippen molar-refractivity contribution in [1.82, 2.24) is 0 Å². The Hall–Kier alpha value is -1.36. The van der Waals surface area contributed by atoms with Gasteiger partial charge in [0.2, 0.25) is 0 Å². The Labute approximate surface area is 114 Å². The summed E-state index contributed by atoms with van der Waals surface area (Å²) in [6.45, 7) is 3.69. The maximum atomic E-state index is 11.7. The van der Waals surface area contributed by atoms with E-state index in [1.54, 1.807) is 31.2 Å². The fraction of sp³-hybridized carbons (Fsp3) is 0.500. The standard InChI is InChI=1S/C14H20O4S/c1-3-10-19(16,17)11-9-18-14-8-6-5-7-12(14)13(15)4-2/h5-8H,3-4,9-11H2,1-2H3. The van der Waals surface area contributed by atoms with E-state index in [1.807, 2.05) is 6.92 Å². The first-order chi connectivity index (χ1) is 9.00. The van der Waals surface area contributed by atoms with Crippen LogP contribution in [0.1, 0.15) is 37.0 Å². The lowest BCUT2D eigenvalue weighted by molar-refractivity contribution is 0.0984. The third-order valence-corrected chi connectivity index (χ3v) is 4.49. The first kappa shape index (κ1) is 15.7. The second-order valence-corrected chi connectivity index (χ2v) is 6.58. The molecule has 0 heterocycles. The molecule has 5 heteroatoms. The summed E-state index contributed by atoms with van der Waals surface area (Å²) in [5.74, 6) is 0.606. The predicted molar refractivity (Wildman–Crippen MR) is 75.5 cm³/mol. The summed E-state index contributed by atoms with van der Waals surface area (Å²) in [5.41, 5.74) is 0.512. The Morgan fingerprint density at radius 2 is 1.84 bits per heavy atom. The molecule has 0 amide bonds. The maximum Gasteiger partial charge on any atom is 0.166 e. The Bertz CT molecular complexity index is 520. The van der Waals surface area contributed by atoms with E-state index in [4.69, 9.17) is 4.74 Å². The van der Waals surface area contributed by atoms with Crippen molar-refractivity contribution in [2.24, 2.45) is 0 Å². The van der Waals surface area contributed by atoms with Gasteiger partial charge >= 0.3 is 0 Å². The van der Waals surface area contributed by atoms with Gasteiger partial charge in [0.15, 0.2) is 15.6 Å². The van der Waals surface area contributed by atoms with Gasteiger partial charge in [-0.25, -0.2) is 8.42 Å². The third-order valence-electron chi connectivity index (χ3n) is 2.68. The average molecular weight is 284 g/mol. The topological polar surface area (TPSA) is 60.4 Å². The van der Waals surface area contributed by atoms with Gasteiger partial charge in [0, 0.05) is 6.42 Å². The summed E-state index contributed by atoms with van der Waals surface area (Å²) in [6, 6.07) is 6.92. The number of carbonyl (C=O) groups excluding carboxylic acids is 1. The summed E-state index contributed by atoms with van der Waals surface area (Å²) in [4.78, 5) is 11.7. The van der Waals surface area contributed by atoms with Crippen molar-refractivity contribution in [2.75, 3.05) is 18.1 Å². The monoisotopic (exact) mass is 284 g/mol. The molecule has 0 fully saturated rings. The number of ether oxygens (including phenoxy) is 1. The van der Waals surface area contributed by atoms with Gasteiger partial charge in [0.05, 0.1) is 17.1 Å². The number of hydrogen-bond acceptors (Lipinski definition) is 4. The van der Waals surface area contributed by atoms with Crippen molar-refractivity contribution in [3.05, 3.63) is 29.8 Å². The summed E-state index contributed by atoms with van der Waals surface area (Å²) < 4.78 is 28.5. The Balaban J connectivity index is 2.66. The molecule has 0 aliphatic rings. The lowest BCUT2D eigenvalue weighted by Crippen LogP contribution is -2.17. The molecule has 4 nitrogen and oxygen atoms in total.